The van der Waals surface area contributed by atoms with Crippen LogP contribution in [0.25, 0.3) is 6.08 Å². The van der Waals surface area contributed by atoms with E-state index in [1.54, 1.807) is 14.0 Å². The van der Waals surface area contributed by atoms with Crippen molar-refractivity contribution < 1.29 is 24.6 Å². The number of aliphatic carboxylic acids is 2. The molecule has 0 unspecified atom stereocenters. The van der Waals surface area contributed by atoms with Gasteiger partial charge in [-0.15, -0.1) is 0 Å². The number of nitrogens with zero attached hydrogens (tertiary/aromatic N) is 2. The van der Waals surface area contributed by atoms with Gasteiger partial charge in [-0.05, 0) is 13.0 Å². The lowest BCUT2D eigenvalue weighted by Crippen LogP contribution is -2.41. The Labute approximate surface area is 125 Å². The molecule has 0 radical (unpaired) electrons. The van der Waals surface area contributed by atoms with Crippen molar-refractivity contribution in [3.63, 3.8) is 0 Å². The van der Waals surface area contributed by atoms with Crippen molar-refractivity contribution in [3.05, 3.63) is 22.5 Å². The second-order valence-electron chi connectivity index (χ2n) is 4.24. The molecule has 0 aliphatic rings. The van der Waals surface area contributed by atoms with E-state index in [1.807, 2.05) is 0 Å². The van der Waals surface area contributed by atoms with Crippen LogP contribution in [0.3, 0.4) is 0 Å². The van der Waals surface area contributed by atoms with E-state index in [0.717, 1.165) is 6.08 Å². The molecule has 9 heteroatoms. The van der Waals surface area contributed by atoms with E-state index < -0.39 is 30.3 Å². The summed E-state index contributed by atoms with van der Waals surface area (Å²) in [5.74, 6) is -3.48. The van der Waals surface area contributed by atoms with Crippen LogP contribution in [0.5, 0.6) is 0 Å². The summed E-state index contributed by atoms with van der Waals surface area (Å²) < 4.78 is 1.43. The van der Waals surface area contributed by atoms with Crippen molar-refractivity contribution in [2.45, 2.75) is 19.4 Å². The Kier molecular flexibility index (Phi) is 5.48. The summed E-state index contributed by atoms with van der Waals surface area (Å²) in [6, 6.07) is -1.50. The van der Waals surface area contributed by atoms with Gasteiger partial charge in [-0.3, -0.25) is 14.3 Å². The number of aryl methyl sites for hydroxylation is 2. The molecule has 0 aromatic carbocycles. The number of carbonyl (C=O) groups is 3. The Balaban J connectivity index is 2.78. The molecule has 1 aromatic heterocycles. The molecule has 0 aliphatic carbocycles. The van der Waals surface area contributed by atoms with Gasteiger partial charge in [0.1, 0.15) is 11.2 Å². The summed E-state index contributed by atoms with van der Waals surface area (Å²) in [6.45, 7) is 1.70. The number of hydrogen-bond donors (Lipinski definition) is 3. The van der Waals surface area contributed by atoms with Gasteiger partial charge in [0.25, 0.3) is 0 Å². The van der Waals surface area contributed by atoms with Gasteiger partial charge < -0.3 is 15.5 Å². The SMILES string of the molecule is Cc1nn(C)c(Cl)c1/C=C/C(=O)N[C@@H](CC(=O)O)C(=O)O. The van der Waals surface area contributed by atoms with Crippen molar-refractivity contribution in [2.75, 3.05) is 0 Å². The monoisotopic (exact) mass is 315 g/mol. The van der Waals surface area contributed by atoms with Crippen LogP contribution in [0.2, 0.25) is 5.15 Å². The van der Waals surface area contributed by atoms with E-state index in [-0.39, 0.29) is 0 Å². The number of carboxylic acid groups (broad SMARTS) is 2. The minimum absolute atomic E-state index is 0.330. The number of amides is 1. The number of aromatic nitrogens is 2. The third-order valence-electron chi connectivity index (χ3n) is 2.59. The quantitative estimate of drug-likeness (QED) is 0.655. The topological polar surface area (TPSA) is 122 Å². The van der Waals surface area contributed by atoms with Crippen LogP contribution in [-0.2, 0) is 21.4 Å². The molecule has 0 saturated heterocycles. The fourth-order valence-electron chi connectivity index (χ4n) is 1.59. The highest BCUT2D eigenvalue weighted by molar-refractivity contribution is 6.31. The average Bonchev–Trinajstić information content (AvgIpc) is 2.60. The van der Waals surface area contributed by atoms with Gasteiger partial charge in [-0.2, -0.15) is 5.10 Å². The van der Waals surface area contributed by atoms with Gasteiger partial charge in [0.05, 0.1) is 12.1 Å². The van der Waals surface area contributed by atoms with Crippen LogP contribution in [0.1, 0.15) is 17.7 Å². The maximum atomic E-state index is 11.6. The zero-order chi connectivity index (χ0) is 16.2. The summed E-state index contributed by atoms with van der Waals surface area (Å²) in [4.78, 5) is 32.9. The van der Waals surface area contributed by atoms with Crippen LogP contribution >= 0.6 is 11.6 Å². The third kappa shape index (κ3) is 4.60. The number of nitrogens with one attached hydrogen (secondary N) is 1. The van der Waals surface area contributed by atoms with E-state index in [1.165, 1.54) is 10.8 Å². The molecule has 1 amide bonds. The molecule has 1 rings (SSSR count). The summed E-state index contributed by atoms with van der Waals surface area (Å²) >= 11 is 5.97. The molecule has 0 saturated carbocycles. The van der Waals surface area contributed by atoms with E-state index in [9.17, 15) is 14.4 Å². The van der Waals surface area contributed by atoms with Crippen molar-refractivity contribution >= 4 is 35.5 Å². The predicted molar refractivity (Wildman–Crippen MR) is 73.8 cm³/mol. The first-order chi connectivity index (χ1) is 9.72. The molecule has 3 N–H and O–H groups in total. The number of halogens is 1. The summed E-state index contributed by atoms with van der Waals surface area (Å²) in [6.07, 6.45) is 1.76. The maximum Gasteiger partial charge on any atom is 0.326 e. The van der Waals surface area contributed by atoms with Crippen LogP contribution < -0.4 is 5.32 Å². The highest BCUT2D eigenvalue weighted by atomic mass is 35.5. The van der Waals surface area contributed by atoms with Crippen molar-refractivity contribution in [3.8, 4) is 0 Å². The Morgan fingerprint density at radius 1 is 1.43 bits per heavy atom. The van der Waals surface area contributed by atoms with Crippen LogP contribution in [0.15, 0.2) is 6.08 Å². The Morgan fingerprint density at radius 2 is 2.05 bits per heavy atom. The highest BCUT2D eigenvalue weighted by Crippen LogP contribution is 2.19. The van der Waals surface area contributed by atoms with E-state index in [0.29, 0.717) is 16.4 Å². The van der Waals surface area contributed by atoms with E-state index >= 15 is 0 Å². The minimum atomic E-state index is -1.50. The molecule has 0 fully saturated rings. The molecule has 0 spiro atoms. The summed E-state index contributed by atoms with van der Waals surface area (Å²) in [7, 11) is 1.64. The van der Waals surface area contributed by atoms with Crippen molar-refractivity contribution in [1.82, 2.24) is 15.1 Å². The molecular formula is C12H14ClN3O5. The molecule has 21 heavy (non-hydrogen) atoms. The first-order valence-corrected chi connectivity index (χ1v) is 6.22. The summed E-state index contributed by atoms with van der Waals surface area (Å²) in [5, 5.41) is 23.8. The minimum Gasteiger partial charge on any atom is -0.481 e. The van der Waals surface area contributed by atoms with Crippen molar-refractivity contribution in [2.24, 2.45) is 7.05 Å². The molecular weight excluding hydrogens is 302 g/mol. The van der Waals surface area contributed by atoms with E-state index in [2.05, 4.69) is 10.4 Å². The first kappa shape index (κ1) is 16.7. The molecule has 0 aliphatic heterocycles. The van der Waals surface area contributed by atoms with Crippen LogP contribution in [-0.4, -0.2) is 43.9 Å². The number of rotatable bonds is 6. The highest BCUT2D eigenvalue weighted by Gasteiger charge is 2.22. The summed E-state index contributed by atoms with van der Waals surface area (Å²) in [5.41, 5.74) is 1.13. The second-order valence-corrected chi connectivity index (χ2v) is 4.60. The van der Waals surface area contributed by atoms with Crippen LogP contribution in [0.4, 0.5) is 0 Å². The van der Waals surface area contributed by atoms with Gasteiger partial charge in [0.15, 0.2) is 0 Å². The zero-order valence-electron chi connectivity index (χ0n) is 11.3. The van der Waals surface area contributed by atoms with Crippen LogP contribution in [0, 0.1) is 6.92 Å². The Hall–Kier alpha value is -2.35. The molecule has 1 heterocycles. The molecule has 1 atom stereocenters. The largest absolute Gasteiger partial charge is 0.481 e. The fraction of sp³-hybridized carbons (Fsp3) is 0.333. The van der Waals surface area contributed by atoms with E-state index in [4.69, 9.17) is 21.8 Å². The first-order valence-electron chi connectivity index (χ1n) is 5.84. The molecule has 1 aromatic rings. The number of carboxylic acids is 2. The standard InChI is InChI=1S/C12H14ClN3O5/c1-6-7(11(13)16(2)15-6)3-4-9(17)14-8(12(20)21)5-10(18)19/h3-4,8H,5H2,1-2H3,(H,14,17)(H,18,19)(H,20,21)/b4-3+/t8-/m0/s1. The second kappa shape index (κ2) is 6.89. The molecule has 114 valence electrons. The Morgan fingerprint density at radius 3 is 2.48 bits per heavy atom. The lowest BCUT2D eigenvalue weighted by Gasteiger charge is -2.10. The van der Waals surface area contributed by atoms with Gasteiger partial charge in [-0.1, -0.05) is 11.6 Å². The van der Waals surface area contributed by atoms with Gasteiger partial charge in [-0.25, -0.2) is 4.79 Å². The smallest absolute Gasteiger partial charge is 0.326 e. The van der Waals surface area contributed by atoms with Gasteiger partial charge in [0.2, 0.25) is 5.91 Å². The molecule has 8 nitrogen and oxygen atoms in total. The lowest BCUT2D eigenvalue weighted by molar-refractivity contribution is -0.146. The zero-order valence-corrected chi connectivity index (χ0v) is 12.1. The normalized spacial score (nSPS) is 12.3. The Bertz CT molecular complexity index is 608. The lowest BCUT2D eigenvalue weighted by atomic mass is 10.2. The molecule has 0 bridgehead atoms. The number of hydrogen-bond acceptors (Lipinski definition) is 4. The fourth-order valence-corrected chi connectivity index (χ4v) is 1.83. The van der Waals surface area contributed by atoms with Gasteiger partial charge in [0, 0.05) is 18.7 Å². The predicted octanol–water partition coefficient (Wildman–Crippen LogP) is 0.439. The van der Waals surface area contributed by atoms with Gasteiger partial charge >= 0.3 is 11.9 Å². The third-order valence-corrected chi connectivity index (χ3v) is 3.04. The maximum absolute atomic E-state index is 11.6. The average molecular weight is 316 g/mol. The van der Waals surface area contributed by atoms with Crippen molar-refractivity contribution in [1.29, 1.82) is 0 Å². The number of carbonyl (C=O) groups excluding carboxylic acids is 1.